The SMILES string of the molecule is CC(C)(C)c1ccccc1NC(=O)[C@H](CCc1ccccc1)NC(=O)[C@@H](N)CC(=O)N(CCN)CCN. The van der Waals surface area contributed by atoms with Crippen molar-refractivity contribution in [1.82, 2.24) is 10.2 Å². The number of carbonyl (C=O) groups is 3. The Hall–Kier alpha value is -3.27. The molecule has 0 fully saturated rings. The number of nitrogens with one attached hydrogen (secondary N) is 2. The molecule has 9 heteroatoms. The minimum atomic E-state index is -1.11. The summed E-state index contributed by atoms with van der Waals surface area (Å²) in [6.07, 6.45) is 0.743. The van der Waals surface area contributed by atoms with Crippen LogP contribution in [0.5, 0.6) is 0 Å². The molecule has 0 aromatic heterocycles. The van der Waals surface area contributed by atoms with E-state index in [0.29, 0.717) is 31.6 Å². The van der Waals surface area contributed by atoms with Crippen LogP contribution >= 0.6 is 0 Å². The summed E-state index contributed by atoms with van der Waals surface area (Å²) in [5, 5.41) is 5.77. The normalized spacial score (nSPS) is 12.9. The summed E-state index contributed by atoms with van der Waals surface area (Å²) in [5.41, 5.74) is 19.8. The van der Waals surface area contributed by atoms with Crippen LogP contribution in [-0.2, 0) is 26.2 Å². The highest BCUT2D eigenvalue weighted by molar-refractivity contribution is 5.99. The van der Waals surface area contributed by atoms with Gasteiger partial charge in [-0.25, -0.2) is 0 Å². The van der Waals surface area contributed by atoms with Crippen molar-refractivity contribution in [3.63, 3.8) is 0 Å². The first kappa shape index (κ1) is 30.0. The van der Waals surface area contributed by atoms with Gasteiger partial charge in [-0.3, -0.25) is 14.4 Å². The molecule has 2 aromatic rings. The summed E-state index contributed by atoms with van der Waals surface area (Å²) < 4.78 is 0. The number of amides is 3. The van der Waals surface area contributed by atoms with Crippen LogP contribution in [0.1, 0.15) is 44.7 Å². The van der Waals surface area contributed by atoms with E-state index in [4.69, 9.17) is 17.2 Å². The number of nitrogens with two attached hydrogens (primary N) is 3. The van der Waals surface area contributed by atoms with Gasteiger partial charge in [0, 0.05) is 31.9 Å². The van der Waals surface area contributed by atoms with Crippen LogP contribution in [0.25, 0.3) is 0 Å². The van der Waals surface area contributed by atoms with Crippen molar-refractivity contribution in [2.24, 2.45) is 17.2 Å². The van der Waals surface area contributed by atoms with E-state index in [1.165, 1.54) is 4.90 Å². The number of aryl methyl sites for hydroxylation is 1. The summed E-state index contributed by atoms with van der Waals surface area (Å²) in [4.78, 5) is 40.5. The minimum absolute atomic E-state index is 0.186. The van der Waals surface area contributed by atoms with E-state index in [2.05, 4.69) is 31.4 Å². The Morgan fingerprint density at radius 2 is 1.49 bits per heavy atom. The molecule has 8 N–H and O–H groups in total. The molecule has 0 aliphatic carbocycles. The maximum atomic E-state index is 13.4. The van der Waals surface area contributed by atoms with Crippen molar-refractivity contribution in [2.45, 2.75) is 57.5 Å². The monoisotopic (exact) mass is 510 g/mol. The number of benzene rings is 2. The number of para-hydroxylation sites is 1. The molecule has 9 nitrogen and oxygen atoms in total. The molecule has 0 saturated heterocycles. The van der Waals surface area contributed by atoms with Gasteiger partial charge in [-0.05, 0) is 35.4 Å². The van der Waals surface area contributed by atoms with Crippen molar-refractivity contribution in [3.05, 3.63) is 65.7 Å². The lowest BCUT2D eigenvalue weighted by molar-refractivity contribution is -0.134. The molecule has 37 heavy (non-hydrogen) atoms. The predicted octanol–water partition coefficient (Wildman–Crippen LogP) is 1.50. The third kappa shape index (κ3) is 9.60. The zero-order chi connectivity index (χ0) is 27.4. The molecule has 0 saturated carbocycles. The van der Waals surface area contributed by atoms with Crippen LogP contribution in [0.3, 0.4) is 0 Å². The van der Waals surface area contributed by atoms with E-state index >= 15 is 0 Å². The van der Waals surface area contributed by atoms with Gasteiger partial charge in [0.25, 0.3) is 0 Å². The Morgan fingerprint density at radius 3 is 2.08 bits per heavy atom. The van der Waals surface area contributed by atoms with Gasteiger partial charge in [0.15, 0.2) is 0 Å². The molecular formula is C28H42N6O3. The topological polar surface area (TPSA) is 157 Å². The van der Waals surface area contributed by atoms with Crippen LogP contribution in [0, 0.1) is 0 Å². The Kier molecular flexibility index (Phi) is 11.7. The summed E-state index contributed by atoms with van der Waals surface area (Å²) >= 11 is 0. The maximum absolute atomic E-state index is 13.4. The Labute approximate surface area is 220 Å². The van der Waals surface area contributed by atoms with E-state index in [1.807, 2.05) is 54.6 Å². The second-order valence-electron chi connectivity index (χ2n) is 10.1. The lowest BCUT2D eigenvalue weighted by Crippen LogP contribution is -2.52. The van der Waals surface area contributed by atoms with Crippen molar-refractivity contribution in [3.8, 4) is 0 Å². The second-order valence-corrected chi connectivity index (χ2v) is 10.1. The van der Waals surface area contributed by atoms with Crippen LogP contribution in [0.4, 0.5) is 5.69 Å². The Morgan fingerprint density at radius 1 is 0.892 bits per heavy atom. The van der Waals surface area contributed by atoms with Gasteiger partial charge in [0.2, 0.25) is 17.7 Å². The summed E-state index contributed by atoms with van der Waals surface area (Å²) in [6, 6.07) is 15.4. The summed E-state index contributed by atoms with van der Waals surface area (Å²) in [7, 11) is 0. The number of hydrogen-bond donors (Lipinski definition) is 5. The molecule has 0 spiro atoms. The van der Waals surface area contributed by atoms with Crippen molar-refractivity contribution < 1.29 is 14.4 Å². The molecule has 0 aliphatic rings. The van der Waals surface area contributed by atoms with Crippen LogP contribution in [-0.4, -0.2) is 60.9 Å². The first-order valence-electron chi connectivity index (χ1n) is 12.7. The average molecular weight is 511 g/mol. The molecule has 0 heterocycles. The molecular weight excluding hydrogens is 468 g/mol. The van der Waals surface area contributed by atoms with E-state index in [-0.39, 0.29) is 36.7 Å². The molecule has 0 unspecified atom stereocenters. The first-order valence-corrected chi connectivity index (χ1v) is 12.7. The van der Waals surface area contributed by atoms with E-state index in [1.54, 1.807) is 0 Å². The van der Waals surface area contributed by atoms with Crippen LogP contribution in [0.15, 0.2) is 54.6 Å². The average Bonchev–Trinajstić information content (AvgIpc) is 2.86. The van der Waals surface area contributed by atoms with E-state index < -0.39 is 18.0 Å². The quantitative estimate of drug-likeness (QED) is 0.275. The lowest BCUT2D eigenvalue weighted by Gasteiger charge is -2.26. The fourth-order valence-electron chi connectivity index (χ4n) is 4.05. The molecule has 0 aliphatic heterocycles. The zero-order valence-corrected chi connectivity index (χ0v) is 22.2. The standard InChI is InChI=1S/C28H42N6O3/c1-28(2,3)21-11-7-8-12-23(21)32-27(37)24(14-13-20-9-5-4-6-10-20)33-26(36)22(31)19-25(35)34(17-15-29)18-16-30/h4-12,22,24H,13-19,29-31H2,1-3H3,(H,32,37)(H,33,36)/t22-,24-/m0/s1. The van der Waals surface area contributed by atoms with Crippen molar-refractivity contribution >= 4 is 23.4 Å². The molecule has 0 bridgehead atoms. The highest BCUT2D eigenvalue weighted by Gasteiger charge is 2.27. The highest BCUT2D eigenvalue weighted by atomic mass is 16.2. The minimum Gasteiger partial charge on any atom is -0.343 e. The number of nitrogens with zero attached hydrogens (tertiary/aromatic N) is 1. The third-order valence-corrected chi connectivity index (χ3v) is 6.07. The van der Waals surface area contributed by atoms with Gasteiger partial charge in [0.1, 0.15) is 6.04 Å². The fraction of sp³-hybridized carbons (Fsp3) is 0.464. The molecule has 2 aromatic carbocycles. The fourth-order valence-corrected chi connectivity index (χ4v) is 4.05. The van der Waals surface area contributed by atoms with Gasteiger partial charge in [-0.15, -0.1) is 0 Å². The Bertz CT molecular complexity index is 1020. The summed E-state index contributed by atoms with van der Waals surface area (Å²) in [6.45, 7) is 7.44. The highest BCUT2D eigenvalue weighted by Crippen LogP contribution is 2.29. The number of carbonyl (C=O) groups excluding carboxylic acids is 3. The van der Waals surface area contributed by atoms with E-state index in [9.17, 15) is 14.4 Å². The van der Waals surface area contributed by atoms with Gasteiger partial charge in [-0.1, -0.05) is 69.3 Å². The van der Waals surface area contributed by atoms with Crippen molar-refractivity contribution in [2.75, 3.05) is 31.5 Å². The molecule has 2 rings (SSSR count). The maximum Gasteiger partial charge on any atom is 0.246 e. The third-order valence-electron chi connectivity index (χ3n) is 6.07. The molecule has 2 atom stereocenters. The van der Waals surface area contributed by atoms with Crippen LogP contribution in [0.2, 0.25) is 0 Å². The predicted molar refractivity (Wildman–Crippen MR) is 148 cm³/mol. The molecule has 202 valence electrons. The van der Waals surface area contributed by atoms with Gasteiger partial charge in [0.05, 0.1) is 12.5 Å². The van der Waals surface area contributed by atoms with Gasteiger partial charge < -0.3 is 32.7 Å². The van der Waals surface area contributed by atoms with Gasteiger partial charge >= 0.3 is 0 Å². The summed E-state index contributed by atoms with van der Waals surface area (Å²) in [5.74, 6) is -1.21. The largest absolute Gasteiger partial charge is 0.343 e. The molecule has 3 amide bonds. The first-order chi connectivity index (χ1) is 17.6. The second kappa shape index (κ2) is 14.5. The number of hydrogen-bond acceptors (Lipinski definition) is 6. The number of anilines is 1. The van der Waals surface area contributed by atoms with E-state index in [0.717, 1.165) is 11.1 Å². The van der Waals surface area contributed by atoms with Crippen LogP contribution < -0.4 is 27.8 Å². The smallest absolute Gasteiger partial charge is 0.246 e. The van der Waals surface area contributed by atoms with Gasteiger partial charge in [-0.2, -0.15) is 0 Å². The molecule has 0 radical (unpaired) electrons. The number of rotatable bonds is 13. The zero-order valence-electron chi connectivity index (χ0n) is 22.2. The Balaban J connectivity index is 2.16. The lowest BCUT2D eigenvalue weighted by atomic mass is 9.85. The van der Waals surface area contributed by atoms with Crippen molar-refractivity contribution in [1.29, 1.82) is 0 Å².